The van der Waals surface area contributed by atoms with Gasteiger partial charge in [-0.25, -0.2) is 18.3 Å². The van der Waals surface area contributed by atoms with E-state index in [1.165, 1.54) is 16.8 Å². The number of rotatable bonds is 4. The first-order chi connectivity index (χ1) is 14.0. The van der Waals surface area contributed by atoms with Crippen LogP contribution in [0, 0.1) is 11.6 Å². The van der Waals surface area contributed by atoms with Crippen molar-refractivity contribution in [2.24, 2.45) is 0 Å². The summed E-state index contributed by atoms with van der Waals surface area (Å²) < 4.78 is 35.5. The van der Waals surface area contributed by atoms with E-state index in [4.69, 9.17) is 4.74 Å². The highest BCUT2D eigenvalue weighted by atomic mass is 19.1. The van der Waals surface area contributed by atoms with Crippen LogP contribution in [0.5, 0.6) is 0 Å². The van der Waals surface area contributed by atoms with Crippen LogP contribution in [-0.4, -0.2) is 27.3 Å². The highest BCUT2D eigenvalue weighted by molar-refractivity contribution is 5.92. The molecule has 4 rings (SSSR count). The van der Waals surface area contributed by atoms with Crippen LogP contribution in [0.2, 0.25) is 0 Å². The van der Waals surface area contributed by atoms with Gasteiger partial charge < -0.3 is 10.1 Å². The first kappa shape index (κ1) is 18.8. The van der Waals surface area contributed by atoms with Crippen molar-refractivity contribution in [2.45, 2.75) is 19.9 Å². The predicted octanol–water partition coefficient (Wildman–Crippen LogP) is 4.08. The lowest BCUT2D eigenvalue weighted by Gasteiger charge is -2.28. The van der Waals surface area contributed by atoms with Crippen molar-refractivity contribution in [3.05, 3.63) is 77.0 Å². The molecule has 1 N–H and O–H groups in total. The molecule has 29 heavy (non-hydrogen) atoms. The topological polar surface area (TPSA) is 69.0 Å². The Bertz CT molecular complexity index is 1120. The van der Waals surface area contributed by atoms with Gasteiger partial charge in [0.15, 0.2) is 5.82 Å². The highest BCUT2D eigenvalue weighted by Crippen LogP contribution is 2.37. The number of benzene rings is 2. The van der Waals surface area contributed by atoms with Gasteiger partial charge in [-0.15, -0.1) is 5.10 Å². The first-order valence-corrected chi connectivity index (χ1v) is 9.12. The number of nitrogens with one attached hydrogen (secondary N) is 1. The molecule has 2 aromatic carbocycles. The molecule has 3 aromatic rings. The number of hydrogen-bond donors (Lipinski definition) is 1. The molecule has 148 valence electrons. The minimum absolute atomic E-state index is 0.129. The molecule has 8 heteroatoms. The maximum atomic E-state index is 14.7. The molecule has 1 atom stereocenters. The minimum atomic E-state index is -0.903. The van der Waals surface area contributed by atoms with E-state index < -0.39 is 23.6 Å². The van der Waals surface area contributed by atoms with Crippen LogP contribution in [0.15, 0.2) is 59.8 Å². The lowest BCUT2D eigenvalue weighted by Crippen LogP contribution is -2.30. The fourth-order valence-electron chi connectivity index (χ4n) is 3.37. The number of ether oxygens (including phenoxy) is 1. The largest absolute Gasteiger partial charge is 0.463 e. The average molecular weight is 396 g/mol. The van der Waals surface area contributed by atoms with Crippen molar-refractivity contribution >= 4 is 11.9 Å². The van der Waals surface area contributed by atoms with Crippen LogP contribution in [0.25, 0.3) is 11.4 Å². The second-order valence-corrected chi connectivity index (χ2v) is 6.49. The molecule has 1 aliphatic rings. The van der Waals surface area contributed by atoms with Crippen molar-refractivity contribution in [1.29, 1.82) is 0 Å². The molecule has 2 heterocycles. The molecule has 6 nitrogen and oxygen atoms in total. The Morgan fingerprint density at radius 1 is 1.14 bits per heavy atom. The van der Waals surface area contributed by atoms with E-state index in [2.05, 4.69) is 15.4 Å². The molecule has 0 amide bonds. The molecule has 1 unspecified atom stereocenters. The average Bonchev–Trinajstić information content (AvgIpc) is 3.11. The molecule has 0 fully saturated rings. The van der Waals surface area contributed by atoms with Crippen LogP contribution in [0.4, 0.5) is 14.7 Å². The summed E-state index contributed by atoms with van der Waals surface area (Å²) in [6, 6.07) is 11.3. The number of allylic oxidation sites excluding steroid dienone is 1. The summed E-state index contributed by atoms with van der Waals surface area (Å²) in [5.41, 5.74) is 1.13. The fraction of sp³-hybridized carbons (Fsp3) is 0.190. The third-order valence-electron chi connectivity index (χ3n) is 4.66. The van der Waals surface area contributed by atoms with E-state index in [0.717, 1.165) is 0 Å². The van der Waals surface area contributed by atoms with Gasteiger partial charge in [0, 0.05) is 11.3 Å². The van der Waals surface area contributed by atoms with Crippen molar-refractivity contribution in [2.75, 3.05) is 11.9 Å². The molecule has 1 aromatic heterocycles. The van der Waals surface area contributed by atoms with E-state index >= 15 is 0 Å². The summed E-state index contributed by atoms with van der Waals surface area (Å²) in [6.07, 6.45) is 0. The van der Waals surface area contributed by atoms with Gasteiger partial charge in [0.05, 0.1) is 17.7 Å². The quantitative estimate of drug-likeness (QED) is 0.673. The molecule has 0 saturated carbocycles. The molecule has 0 saturated heterocycles. The number of esters is 1. The highest BCUT2D eigenvalue weighted by Gasteiger charge is 2.36. The number of hydrogen-bond acceptors (Lipinski definition) is 5. The lowest BCUT2D eigenvalue weighted by molar-refractivity contribution is -0.139. The maximum absolute atomic E-state index is 14.7. The smallest absolute Gasteiger partial charge is 0.338 e. The Morgan fingerprint density at radius 2 is 1.83 bits per heavy atom. The summed E-state index contributed by atoms with van der Waals surface area (Å²) in [5.74, 6) is -1.15. The van der Waals surface area contributed by atoms with Gasteiger partial charge in [-0.1, -0.05) is 30.3 Å². The van der Waals surface area contributed by atoms with Gasteiger partial charge in [-0.2, -0.15) is 4.98 Å². The molecular formula is C21H18F2N4O2. The summed E-state index contributed by atoms with van der Waals surface area (Å²) >= 11 is 0. The summed E-state index contributed by atoms with van der Waals surface area (Å²) in [7, 11) is 0. The Kier molecular flexibility index (Phi) is 4.84. The number of aromatic nitrogens is 3. The third kappa shape index (κ3) is 3.26. The number of nitrogens with zero attached hydrogens (tertiary/aromatic N) is 3. The Balaban J connectivity index is 1.91. The van der Waals surface area contributed by atoms with Gasteiger partial charge in [0.25, 0.3) is 0 Å². The van der Waals surface area contributed by atoms with Gasteiger partial charge in [0.1, 0.15) is 17.7 Å². The maximum Gasteiger partial charge on any atom is 0.338 e. The summed E-state index contributed by atoms with van der Waals surface area (Å²) in [6.45, 7) is 3.55. The zero-order valence-corrected chi connectivity index (χ0v) is 15.8. The zero-order chi connectivity index (χ0) is 20.5. The second-order valence-electron chi connectivity index (χ2n) is 6.49. The van der Waals surface area contributed by atoms with Crippen molar-refractivity contribution in [3.8, 4) is 11.4 Å². The van der Waals surface area contributed by atoms with Crippen LogP contribution < -0.4 is 5.32 Å². The normalized spacial score (nSPS) is 15.7. The van der Waals surface area contributed by atoms with Crippen molar-refractivity contribution in [3.63, 3.8) is 0 Å². The Morgan fingerprint density at radius 3 is 2.52 bits per heavy atom. The number of halogens is 2. The zero-order valence-electron chi connectivity index (χ0n) is 15.8. The van der Waals surface area contributed by atoms with E-state index in [1.54, 1.807) is 50.2 Å². The van der Waals surface area contributed by atoms with E-state index in [9.17, 15) is 13.6 Å². The Labute approximate surface area is 165 Å². The van der Waals surface area contributed by atoms with Crippen LogP contribution >= 0.6 is 0 Å². The van der Waals surface area contributed by atoms with E-state index in [0.29, 0.717) is 5.70 Å². The van der Waals surface area contributed by atoms with E-state index in [1.807, 2.05) is 0 Å². The molecule has 0 bridgehead atoms. The molecule has 0 aliphatic carbocycles. The van der Waals surface area contributed by atoms with Gasteiger partial charge in [-0.05, 0) is 32.0 Å². The van der Waals surface area contributed by atoms with Crippen LogP contribution in [0.1, 0.15) is 25.5 Å². The third-order valence-corrected chi connectivity index (χ3v) is 4.66. The number of carbonyl (C=O) groups is 1. The van der Waals surface area contributed by atoms with Crippen LogP contribution in [-0.2, 0) is 9.53 Å². The molecule has 0 radical (unpaired) electrons. The monoisotopic (exact) mass is 396 g/mol. The van der Waals surface area contributed by atoms with Gasteiger partial charge in [0.2, 0.25) is 5.95 Å². The number of fused-ring (bicyclic) bond motifs is 1. The summed E-state index contributed by atoms with van der Waals surface area (Å²) in [5, 5.41) is 7.40. The van der Waals surface area contributed by atoms with Crippen LogP contribution in [0.3, 0.4) is 0 Å². The second kappa shape index (κ2) is 7.46. The number of anilines is 1. The molecular weight excluding hydrogens is 378 g/mol. The minimum Gasteiger partial charge on any atom is -0.463 e. The molecule has 1 aliphatic heterocycles. The van der Waals surface area contributed by atoms with Gasteiger partial charge in [-0.3, -0.25) is 0 Å². The van der Waals surface area contributed by atoms with E-state index in [-0.39, 0.29) is 35.1 Å². The lowest BCUT2D eigenvalue weighted by atomic mass is 9.95. The number of carbonyl (C=O) groups excluding carboxylic acids is 1. The standard InChI is InChI=1S/C21H18F2N4O2/c1-3-29-20(28)17-12(2)24-21-25-19(14-9-5-7-11-16(14)23)26-27(21)18(17)13-8-4-6-10-15(13)22/h4-11,18H,3H2,1-2H3,(H,24,25,26). The molecule has 0 spiro atoms. The van der Waals surface area contributed by atoms with Crippen molar-refractivity contribution in [1.82, 2.24) is 14.8 Å². The first-order valence-electron chi connectivity index (χ1n) is 9.12. The SMILES string of the molecule is CCOC(=O)C1=C(C)Nc2nc(-c3ccccc3F)nn2C1c1ccccc1F. The van der Waals surface area contributed by atoms with Crippen molar-refractivity contribution < 1.29 is 18.3 Å². The predicted molar refractivity (Wildman–Crippen MR) is 103 cm³/mol. The van der Waals surface area contributed by atoms with Gasteiger partial charge >= 0.3 is 5.97 Å². The Hall–Kier alpha value is -3.55. The summed E-state index contributed by atoms with van der Waals surface area (Å²) in [4.78, 5) is 17.0. The fourth-order valence-corrected chi connectivity index (χ4v) is 3.37.